The number of nitrogens with zero attached hydrogens (tertiary/aromatic N) is 2. The summed E-state index contributed by atoms with van der Waals surface area (Å²) >= 11 is 0. The molecule has 0 N–H and O–H groups in total. The summed E-state index contributed by atoms with van der Waals surface area (Å²) in [5.74, 6) is -1.88. The number of hydrogen-bond donors (Lipinski definition) is 0. The molecule has 0 bridgehead atoms. The lowest BCUT2D eigenvalue weighted by molar-refractivity contribution is 0.0987. The largest absolute Gasteiger partial charge is 0.294 e. The van der Waals surface area contributed by atoms with E-state index in [1.54, 1.807) is 10.7 Å². The van der Waals surface area contributed by atoms with E-state index in [1.165, 1.54) is 13.0 Å². The van der Waals surface area contributed by atoms with Gasteiger partial charge in [-0.15, -0.1) is 0 Å². The number of aryl methyl sites for hydroxylation is 1. The molecule has 21 heavy (non-hydrogen) atoms. The third-order valence-corrected chi connectivity index (χ3v) is 3.60. The van der Waals surface area contributed by atoms with Crippen LogP contribution in [0.2, 0.25) is 0 Å². The van der Waals surface area contributed by atoms with Gasteiger partial charge in [0.15, 0.2) is 5.78 Å². The minimum Gasteiger partial charge on any atom is -0.294 e. The van der Waals surface area contributed by atoms with Crippen molar-refractivity contribution in [3.05, 3.63) is 52.9 Å². The first kappa shape index (κ1) is 15.4. The summed E-state index contributed by atoms with van der Waals surface area (Å²) in [5.41, 5.74) is 0.749. The van der Waals surface area contributed by atoms with E-state index in [4.69, 9.17) is 0 Å². The number of ketones is 1. The summed E-state index contributed by atoms with van der Waals surface area (Å²) in [4.78, 5) is 12.1. The van der Waals surface area contributed by atoms with Gasteiger partial charge in [-0.25, -0.2) is 8.78 Å². The van der Waals surface area contributed by atoms with Crippen molar-refractivity contribution in [3.63, 3.8) is 0 Å². The van der Waals surface area contributed by atoms with Gasteiger partial charge in [-0.2, -0.15) is 5.10 Å². The highest BCUT2D eigenvalue weighted by Gasteiger charge is 2.16. The molecule has 1 aromatic carbocycles. The van der Waals surface area contributed by atoms with E-state index in [2.05, 4.69) is 5.10 Å². The molecule has 0 aliphatic heterocycles. The number of Topliss-reactive ketones (excluding diaryl/α,β-unsaturated/α-hetero) is 1. The van der Waals surface area contributed by atoms with Crippen LogP contribution in [0.5, 0.6) is 0 Å². The number of benzene rings is 1. The molecule has 1 aromatic heterocycles. The average Bonchev–Trinajstić information content (AvgIpc) is 2.90. The zero-order valence-electron chi connectivity index (χ0n) is 12.4. The van der Waals surface area contributed by atoms with Crippen LogP contribution in [0.4, 0.5) is 8.78 Å². The molecular formula is C16H18F2N2O. The Balaban J connectivity index is 2.18. The molecule has 0 amide bonds. The second kappa shape index (κ2) is 6.16. The molecule has 2 rings (SSSR count). The first-order valence-corrected chi connectivity index (χ1v) is 6.95. The van der Waals surface area contributed by atoms with Crippen molar-refractivity contribution in [1.82, 2.24) is 9.78 Å². The molecule has 3 nitrogen and oxygen atoms in total. The topological polar surface area (TPSA) is 34.9 Å². The van der Waals surface area contributed by atoms with Gasteiger partial charge in [0.1, 0.15) is 11.6 Å². The van der Waals surface area contributed by atoms with Crippen molar-refractivity contribution >= 4 is 5.78 Å². The molecule has 0 fully saturated rings. The predicted molar refractivity (Wildman–Crippen MR) is 76.4 cm³/mol. The average molecular weight is 292 g/mol. The summed E-state index contributed by atoms with van der Waals surface area (Å²) in [5, 5.41) is 4.32. The summed E-state index contributed by atoms with van der Waals surface area (Å²) in [7, 11) is 0. The zero-order valence-corrected chi connectivity index (χ0v) is 12.4. The van der Waals surface area contributed by atoms with Crippen LogP contribution in [0.25, 0.3) is 0 Å². The van der Waals surface area contributed by atoms with Crippen LogP contribution in [0.1, 0.15) is 47.9 Å². The second-order valence-corrected chi connectivity index (χ2v) is 5.23. The standard InChI is InChI=1S/C16H18F2N2O/c1-4-11(3)20-6-5-12(19-20)8-16(21)13-7-10(2)14(17)9-15(13)18/h5-7,9,11H,4,8H2,1-3H3. The number of rotatable bonds is 5. The Bertz CT molecular complexity index is 664. The van der Waals surface area contributed by atoms with Gasteiger partial charge in [-0.3, -0.25) is 9.48 Å². The Kier molecular flexibility index (Phi) is 4.50. The maximum atomic E-state index is 13.7. The van der Waals surface area contributed by atoms with Crippen LogP contribution in [0.15, 0.2) is 24.4 Å². The van der Waals surface area contributed by atoms with Crippen LogP contribution in [0.3, 0.4) is 0 Å². The minimum atomic E-state index is -0.829. The van der Waals surface area contributed by atoms with E-state index >= 15 is 0 Å². The summed E-state index contributed by atoms with van der Waals surface area (Å²) < 4.78 is 28.7. The summed E-state index contributed by atoms with van der Waals surface area (Å²) in [6.45, 7) is 5.58. The fourth-order valence-corrected chi connectivity index (χ4v) is 2.03. The van der Waals surface area contributed by atoms with Crippen molar-refractivity contribution in [3.8, 4) is 0 Å². The maximum absolute atomic E-state index is 13.7. The maximum Gasteiger partial charge on any atom is 0.171 e. The Morgan fingerprint density at radius 3 is 2.71 bits per heavy atom. The number of carbonyl (C=O) groups excluding carboxylic acids is 1. The lowest BCUT2D eigenvalue weighted by Gasteiger charge is -2.08. The molecule has 0 radical (unpaired) electrons. The molecule has 0 aliphatic rings. The molecule has 5 heteroatoms. The van der Waals surface area contributed by atoms with E-state index in [9.17, 15) is 13.6 Å². The fourth-order valence-electron chi connectivity index (χ4n) is 2.03. The van der Waals surface area contributed by atoms with Crippen LogP contribution >= 0.6 is 0 Å². The fraction of sp³-hybridized carbons (Fsp3) is 0.375. The smallest absolute Gasteiger partial charge is 0.171 e. The highest BCUT2D eigenvalue weighted by Crippen LogP contribution is 2.17. The molecule has 112 valence electrons. The van der Waals surface area contributed by atoms with Crippen molar-refractivity contribution < 1.29 is 13.6 Å². The van der Waals surface area contributed by atoms with Crippen LogP contribution in [0, 0.1) is 18.6 Å². The van der Waals surface area contributed by atoms with E-state index < -0.39 is 17.4 Å². The first-order chi connectivity index (χ1) is 9.92. The molecule has 0 spiro atoms. The highest BCUT2D eigenvalue weighted by molar-refractivity contribution is 5.97. The molecule has 1 atom stereocenters. The molecule has 1 unspecified atom stereocenters. The highest BCUT2D eigenvalue weighted by atomic mass is 19.1. The number of carbonyl (C=O) groups is 1. The van der Waals surface area contributed by atoms with Gasteiger partial charge in [0, 0.05) is 18.3 Å². The van der Waals surface area contributed by atoms with E-state index in [0.717, 1.165) is 12.5 Å². The van der Waals surface area contributed by atoms with Gasteiger partial charge in [0.25, 0.3) is 0 Å². The van der Waals surface area contributed by atoms with Gasteiger partial charge < -0.3 is 0 Å². The van der Waals surface area contributed by atoms with Gasteiger partial charge in [0.05, 0.1) is 17.7 Å². The van der Waals surface area contributed by atoms with E-state index in [1.807, 2.05) is 20.0 Å². The van der Waals surface area contributed by atoms with Gasteiger partial charge in [-0.05, 0) is 38.0 Å². The minimum absolute atomic E-state index is 0.00538. The number of aromatic nitrogens is 2. The van der Waals surface area contributed by atoms with Crippen molar-refractivity contribution in [2.24, 2.45) is 0 Å². The Morgan fingerprint density at radius 2 is 2.05 bits per heavy atom. The van der Waals surface area contributed by atoms with Crippen molar-refractivity contribution in [2.75, 3.05) is 0 Å². The summed E-state index contributed by atoms with van der Waals surface area (Å²) in [6.07, 6.45) is 2.75. The Hall–Kier alpha value is -2.04. The number of hydrogen-bond acceptors (Lipinski definition) is 2. The normalized spacial score (nSPS) is 12.4. The molecule has 0 saturated carbocycles. The SMILES string of the molecule is CCC(C)n1ccc(CC(=O)c2cc(C)c(F)cc2F)n1. The van der Waals surface area contributed by atoms with Gasteiger partial charge in [-0.1, -0.05) is 6.92 Å². The molecule has 2 aromatic rings. The van der Waals surface area contributed by atoms with E-state index in [0.29, 0.717) is 5.69 Å². The van der Waals surface area contributed by atoms with Crippen molar-refractivity contribution in [1.29, 1.82) is 0 Å². The number of halogens is 2. The lowest BCUT2D eigenvalue weighted by atomic mass is 10.0. The Labute approximate surface area is 122 Å². The Morgan fingerprint density at radius 1 is 1.33 bits per heavy atom. The molecule has 0 saturated heterocycles. The monoisotopic (exact) mass is 292 g/mol. The molecular weight excluding hydrogens is 274 g/mol. The predicted octanol–water partition coefficient (Wildman–Crippen LogP) is 3.87. The summed E-state index contributed by atoms with van der Waals surface area (Å²) in [6, 6.07) is 4.00. The van der Waals surface area contributed by atoms with Crippen LogP contribution < -0.4 is 0 Å². The van der Waals surface area contributed by atoms with Gasteiger partial charge >= 0.3 is 0 Å². The van der Waals surface area contributed by atoms with Gasteiger partial charge in [0.2, 0.25) is 0 Å². The zero-order chi connectivity index (χ0) is 15.6. The van der Waals surface area contributed by atoms with Crippen LogP contribution in [-0.4, -0.2) is 15.6 Å². The first-order valence-electron chi connectivity index (χ1n) is 6.95. The van der Waals surface area contributed by atoms with E-state index in [-0.39, 0.29) is 23.6 Å². The third kappa shape index (κ3) is 3.35. The lowest BCUT2D eigenvalue weighted by Crippen LogP contribution is -2.10. The quantitative estimate of drug-likeness (QED) is 0.784. The van der Waals surface area contributed by atoms with Crippen molar-refractivity contribution in [2.45, 2.75) is 39.7 Å². The molecule has 0 aliphatic carbocycles. The third-order valence-electron chi connectivity index (χ3n) is 3.60. The molecule has 1 heterocycles. The second-order valence-electron chi connectivity index (χ2n) is 5.23. The van der Waals surface area contributed by atoms with Crippen LogP contribution in [-0.2, 0) is 6.42 Å².